The van der Waals surface area contributed by atoms with Gasteiger partial charge in [0.05, 0.1) is 32.5 Å². The van der Waals surface area contributed by atoms with Gasteiger partial charge in [0.25, 0.3) is 0 Å². The van der Waals surface area contributed by atoms with Gasteiger partial charge in [-0.3, -0.25) is 4.90 Å². The highest BCUT2D eigenvalue weighted by atomic mass is 16.5. The monoisotopic (exact) mass is 169 g/mol. The summed E-state index contributed by atoms with van der Waals surface area (Å²) in [6.07, 6.45) is 4.35. The molecule has 2 aliphatic heterocycles. The zero-order valence-corrected chi connectivity index (χ0v) is 7.24. The van der Waals surface area contributed by atoms with E-state index in [9.17, 15) is 0 Å². The van der Waals surface area contributed by atoms with E-state index in [-0.39, 0.29) is 0 Å². The molecule has 0 N–H and O–H groups in total. The molecule has 1 fully saturated rings. The molecule has 1 unspecified atom stereocenters. The minimum Gasteiger partial charge on any atom is -0.379 e. The molecule has 12 heavy (non-hydrogen) atoms. The second-order valence-electron chi connectivity index (χ2n) is 3.18. The number of nitrogens with zero attached hydrogens (tertiary/aromatic N) is 1. The molecule has 0 aliphatic carbocycles. The zero-order valence-electron chi connectivity index (χ0n) is 7.24. The van der Waals surface area contributed by atoms with E-state index >= 15 is 0 Å². The first-order valence-electron chi connectivity index (χ1n) is 4.53. The van der Waals surface area contributed by atoms with Gasteiger partial charge in [0.2, 0.25) is 0 Å². The number of ether oxygens (including phenoxy) is 2. The molecule has 1 saturated heterocycles. The molecular formula is C9H15NO2. The van der Waals surface area contributed by atoms with E-state index in [1.165, 1.54) is 0 Å². The Bertz CT molecular complexity index is 164. The molecule has 2 heterocycles. The molecule has 2 aliphatic rings. The van der Waals surface area contributed by atoms with Gasteiger partial charge in [-0.15, -0.1) is 0 Å². The third kappa shape index (κ3) is 1.86. The summed E-state index contributed by atoms with van der Waals surface area (Å²) in [5, 5.41) is 0. The summed E-state index contributed by atoms with van der Waals surface area (Å²) in [4.78, 5) is 2.42. The second kappa shape index (κ2) is 4.03. The average molecular weight is 169 g/mol. The van der Waals surface area contributed by atoms with Crippen LogP contribution in [0.15, 0.2) is 12.2 Å². The second-order valence-corrected chi connectivity index (χ2v) is 3.18. The number of hydrogen-bond acceptors (Lipinski definition) is 3. The van der Waals surface area contributed by atoms with Crippen LogP contribution in [0.4, 0.5) is 0 Å². The van der Waals surface area contributed by atoms with Crippen molar-refractivity contribution >= 4 is 0 Å². The van der Waals surface area contributed by atoms with Crippen molar-refractivity contribution in [3.8, 4) is 0 Å². The van der Waals surface area contributed by atoms with Crippen LogP contribution in [0.2, 0.25) is 0 Å². The SMILES string of the molecule is C1=CC(N2CCOCC2)COC1. The Labute approximate surface area is 72.9 Å². The number of morpholine rings is 1. The van der Waals surface area contributed by atoms with Crippen LogP contribution < -0.4 is 0 Å². The van der Waals surface area contributed by atoms with Gasteiger partial charge < -0.3 is 9.47 Å². The van der Waals surface area contributed by atoms with Crippen molar-refractivity contribution in [2.24, 2.45) is 0 Å². The van der Waals surface area contributed by atoms with Crippen molar-refractivity contribution < 1.29 is 9.47 Å². The first kappa shape index (κ1) is 8.23. The van der Waals surface area contributed by atoms with Gasteiger partial charge in [-0.05, 0) is 0 Å². The molecular weight excluding hydrogens is 154 g/mol. The highest BCUT2D eigenvalue weighted by molar-refractivity contribution is 4.98. The predicted molar refractivity (Wildman–Crippen MR) is 46.1 cm³/mol. The van der Waals surface area contributed by atoms with Crippen LogP contribution in [0.3, 0.4) is 0 Å². The van der Waals surface area contributed by atoms with Crippen LogP contribution in [0.5, 0.6) is 0 Å². The minimum atomic E-state index is 0.489. The fourth-order valence-corrected chi connectivity index (χ4v) is 1.66. The lowest BCUT2D eigenvalue weighted by atomic mass is 10.2. The Morgan fingerprint density at radius 2 is 2.00 bits per heavy atom. The molecule has 0 saturated carbocycles. The Morgan fingerprint density at radius 1 is 1.17 bits per heavy atom. The molecule has 3 heteroatoms. The van der Waals surface area contributed by atoms with Crippen LogP contribution in [-0.2, 0) is 9.47 Å². The molecule has 0 aromatic carbocycles. The lowest BCUT2D eigenvalue weighted by Crippen LogP contribution is -2.45. The Morgan fingerprint density at radius 3 is 2.67 bits per heavy atom. The van der Waals surface area contributed by atoms with Gasteiger partial charge in [-0.1, -0.05) is 12.2 Å². The maximum atomic E-state index is 5.37. The fraction of sp³-hybridized carbons (Fsp3) is 0.778. The van der Waals surface area contributed by atoms with Gasteiger partial charge in [0.15, 0.2) is 0 Å². The summed E-state index contributed by atoms with van der Waals surface area (Å²) < 4.78 is 10.6. The van der Waals surface area contributed by atoms with Crippen LogP contribution in [0, 0.1) is 0 Å². The van der Waals surface area contributed by atoms with E-state index in [0.29, 0.717) is 6.04 Å². The lowest BCUT2D eigenvalue weighted by molar-refractivity contribution is 0.00131. The standard InChI is InChI=1S/C9H15NO2/c1-2-9(8-12-5-1)10-3-6-11-7-4-10/h1-2,9H,3-8H2. The van der Waals surface area contributed by atoms with Crippen molar-refractivity contribution in [2.45, 2.75) is 6.04 Å². The molecule has 0 amide bonds. The van der Waals surface area contributed by atoms with Crippen molar-refractivity contribution in [3.05, 3.63) is 12.2 Å². The van der Waals surface area contributed by atoms with E-state index in [1.807, 2.05) is 0 Å². The third-order valence-corrected chi connectivity index (χ3v) is 2.38. The van der Waals surface area contributed by atoms with Crippen molar-refractivity contribution in [2.75, 3.05) is 39.5 Å². The fourth-order valence-electron chi connectivity index (χ4n) is 1.66. The molecule has 0 bridgehead atoms. The largest absolute Gasteiger partial charge is 0.379 e. The Balaban J connectivity index is 1.88. The van der Waals surface area contributed by atoms with Gasteiger partial charge >= 0.3 is 0 Å². The van der Waals surface area contributed by atoms with Crippen LogP contribution >= 0.6 is 0 Å². The van der Waals surface area contributed by atoms with E-state index in [1.54, 1.807) is 0 Å². The Hall–Kier alpha value is -0.380. The average Bonchev–Trinajstić information content (AvgIpc) is 2.21. The minimum absolute atomic E-state index is 0.489. The van der Waals surface area contributed by atoms with Crippen LogP contribution in [0.25, 0.3) is 0 Å². The predicted octanol–water partition coefficient (Wildman–Crippen LogP) is 0.274. The molecule has 0 spiro atoms. The molecule has 0 aromatic rings. The summed E-state index contributed by atoms with van der Waals surface area (Å²) in [5.74, 6) is 0. The molecule has 2 rings (SSSR count). The van der Waals surface area contributed by atoms with Gasteiger partial charge in [0.1, 0.15) is 0 Å². The first-order chi connectivity index (χ1) is 5.97. The molecule has 68 valence electrons. The highest BCUT2D eigenvalue weighted by Gasteiger charge is 2.19. The summed E-state index contributed by atoms with van der Waals surface area (Å²) in [5.41, 5.74) is 0. The number of hydrogen-bond donors (Lipinski definition) is 0. The summed E-state index contributed by atoms with van der Waals surface area (Å²) in [6.45, 7) is 5.43. The smallest absolute Gasteiger partial charge is 0.0661 e. The quantitative estimate of drug-likeness (QED) is 0.526. The maximum absolute atomic E-state index is 5.37. The molecule has 0 radical (unpaired) electrons. The molecule has 0 aromatic heterocycles. The van der Waals surface area contributed by atoms with E-state index < -0.39 is 0 Å². The summed E-state index contributed by atoms with van der Waals surface area (Å²) in [6, 6.07) is 0.489. The molecule has 3 nitrogen and oxygen atoms in total. The van der Waals surface area contributed by atoms with Gasteiger partial charge in [0, 0.05) is 13.1 Å². The van der Waals surface area contributed by atoms with Gasteiger partial charge in [-0.2, -0.15) is 0 Å². The van der Waals surface area contributed by atoms with Crippen molar-refractivity contribution in [1.82, 2.24) is 4.90 Å². The van der Waals surface area contributed by atoms with Crippen molar-refractivity contribution in [1.29, 1.82) is 0 Å². The summed E-state index contributed by atoms with van der Waals surface area (Å²) in [7, 11) is 0. The van der Waals surface area contributed by atoms with Crippen molar-refractivity contribution in [3.63, 3.8) is 0 Å². The maximum Gasteiger partial charge on any atom is 0.0661 e. The lowest BCUT2D eigenvalue weighted by Gasteiger charge is -2.33. The van der Waals surface area contributed by atoms with E-state index in [4.69, 9.17) is 9.47 Å². The molecule has 1 atom stereocenters. The normalized spacial score (nSPS) is 32.2. The highest BCUT2D eigenvalue weighted by Crippen LogP contribution is 2.08. The van der Waals surface area contributed by atoms with E-state index in [2.05, 4.69) is 17.1 Å². The number of rotatable bonds is 1. The topological polar surface area (TPSA) is 21.7 Å². The van der Waals surface area contributed by atoms with Gasteiger partial charge in [-0.25, -0.2) is 0 Å². The Kier molecular flexibility index (Phi) is 2.76. The van der Waals surface area contributed by atoms with Crippen LogP contribution in [-0.4, -0.2) is 50.5 Å². The third-order valence-electron chi connectivity index (χ3n) is 2.38. The summed E-state index contributed by atoms with van der Waals surface area (Å²) >= 11 is 0. The first-order valence-corrected chi connectivity index (χ1v) is 4.53. The van der Waals surface area contributed by atoms with E-state index in [0.717, 1.165) is 39.5 Å². The van der Waals surface area contributed by atoms with Crippen LogP contribution in [0.1, 0.15) is 0 Å². The zero-order chi connectivity index (χ0) is 8.23.